The summed E-state index contributed by atoms with van der Waals surface area (Å²) in [6.07, 6.45) is 2.08. The Hall–Kier alpha value is -2.41. The lowest BCUT2D eigenvalue weighted by Gasteiger charge is -2.28. The Labute approximate surface area is 193 Å². The Morgan fingerprint density at radius 1 is 1.31 bits per heavy atom. The number of carbonyl (C=O) groups excluding carboxylic acids is 1. The van der Waals surface area contributed by atoms with Crippen molar-refractivity contribution < 1.29 is 19.2 Å². The SMILES string of the molecule is O=C(CSc1nnc(N2CCOCC2)n1CC1CCCO1)Nc1cc([N+](=O)[O-])ccc1Cl. The monoisotopic (exact) mass is 482 g/mol. The zero-order valence-corrected chi connectivity index (χ0v) is 18.8. The Morgan fingerprint density at radius 2 is 2.12 bits per heavy atom. The summed E-state index contributed by atoms with van der Waals surface area (Å²) in [5, 5.41) is 23.1. The largest absolute Gasteiger partial charge is 0.378 e. The number of non-ortho nitro benzene ring substituents is 1. The van der Waals surface area contributed by atoms with Gasteiger partial charge in [0, 0.05) is 31.8 Å². The summed E-state index contributed by atoms with van der Waals surface area (Å²) in [6.45, 7) is 4.05. The molecule has 11 nitrogen and oxygen atoms in total. The molecule has 3 heterocycles. The van der Waals surface area contributed by atoms with Gasteiger partial charge in [-0.3, -0.25) is 19.5 Å². The van der Waals surface area contributed by atoms with Crippen LogP contribution in [0, 0.1) is 10.1 Å². The van der Waals surface area contributed by atoms with Crippen molar-refractivity contribution >= 4 is 46.6 Å². The zero-order valence-electron chi connectivity index (χ0n) is 17.2. The number of halogens is 1. The second-order valence-electron chi connectivity index (χ2n) is 7.39. The molecule has 1 aromatic heterocycles. The van der Waals surface area contributed by atoms with Gasteiger partial charge in [0.1, 0.15) is 0 Å². The average Bonchev–Trinajstić information content (AvgIpc) is 3.45. The van der Waals surface area contributed by atoms with Crippen molar-refractivity contribution in [3.63, 3.8) is 0 Å². The van der Waals surface area contributed by atoms with E-state index in [1.54, 1.807) is 0 Å². The Bertz CT molecular complexity index is 977. The van der Waals surface area contributed by atoms with Gasteiger partial charge in [0.2, 0.25) is 11.9 Å². The first kappa shape index (κ1) is 22.8. The molecule has 2 fully saturated rings. The van der Waals surface area contributed by atoms with Crippen molar-refractivity contribution in [2.45, 2.75) is 30.6 Å². The highest BCUT2D eigenvalue weighted by atomic mass is 35.5. The third-order valence-corrected chi connectivity index (χ3v) is 6.47. The van der Waals surface area contributed by atoms with Crippen molar-refractivity contribution in [2.24, 2.45) is 0 Å². The summed E-state index contributed by atoms with van der Waals surface area (Å²) >= 11 is 7.32. The van der Waals surface area contributed by atoms with Crippen LogP contribution in [0.25, 0.3) is 0 Å². The van der Waals surface area contributed by atoms with Crippen molar-refractivity contribution in [3.8, 4) is 0 Å². The van der Waals surface area contributed by atoms with Crippen molar-refractivity contribution in [1.82, 2.24) is 14.8 Å². The molecule has 4 rings (SSSR count). The number of nitro benzene ring substituents is 1. The van der Waals surface area contributed by atoms with Gasteiger partial charge in [0.05, 0.1) is 47.2 Å². The van der Waals surface area contributed by atoms with E-state index >= 15 is 0 Å². The number of nitro groups is 1. The maximum Gasteiger partial charge on any atom is 0.271 e. The zero-order chi connectivity index (χ0) is 22.5. The van der Waals surface area contributed by atoms with E-state index in [0.717, 1.165) is 38.5 Å². The van der Waals surface area contributed by atoms with E-state index in [9.17, 15) is 14.9 Å². The molecular weight excluding hydrogens is 460 g/mol. The van der Waals surface area contributed by atoms with E-state index in [0.29, 0.717) is 24.9 Å². The predicted molar refractivity (Wildman–Crippen MR) is 119 cm³/mol. The summed E-state index contributed by atoms with van der Waals surface area (Å²) in [6, 6.07) is 3.91. The van der Waals surface area contributed by atoms with Crippen LogP contribution in [0.4, 0.5) is 17.3 Å². The highest BCUT2D eigenvalue weighted by molar-refractivity contribution is 7.99. The van der Waals surface area contributed by atoms with Crippen LogP contribution >= 0.6 is 23.4 Å². The second-order valence-corrected chi connectivity index (χ2v) is 8.74. The quantitative estimate of drug-likeness (QED) is 0.343. The number of ether oxygens (including phenoxy) is 2. The molecule has 0 bridgehead atoms. The third kappa shape index (κ3) is 5.49. The normalized spacial score (nSPS) is 18.7. The van der Waals surface area contributed by atoms with E-state index in [4.69, 9.17) is 21.1 Å². The molecular formula is C19H23ClN6O5S. The lowest BCUT2D eigenvalue weighted by Crippen LogP contribution is -2.38. The molecule has 1 N–H and O–H groups in total. The second kappa shape index (κ2) is 10.5. The molecule has 0 radical (unpaired) electrons. The number of thioether (sulfide) groups is 1. The first-order valence-electron chi connectivity index (χ1n) is 10.3. The van der Waals surface area contributed by atoms with Crippen LogP contribution in [0.3, 0.4) is 0 Å². The minimum absolute atomic E-state index is 0.0474. The summed E-state index contributed by atoms with van der Waals surface area (Å²) < 4.78 is 13.2. The van der Waals surface area contributed by atoms with E-state index in [-0.39, 0.29) is 34.2 Å². The highest BCUT2D eigenvalue weighted by Crippen LogP contribution is 2.28. The number of morpholine rings is 1. The Kier molecular flexibility index (Phi) is 7.45. The highest BCUT2D eigenvalue weighted by Gasteiger charge is 2.25. The van der Waals surface area contributed by atoms with E-state index in [1.807, 2.05) is 4.57 Å². The van der Waals surface area contributed by atoms with Crippen LogP contribution in [0.15, 0.2) is 23.4 Å². The molecule has 32 heavy (non-hydrogen) atoms. The maximum absolute atomic E-state index is 12.5. The first-order valence-corrected chi connectivity index (χ1v) is 11.6. The number of hydrogen-bond acceptors (Lipinski definition) is 9. The summed E-state index contributed by atoms with van der Waals surface area (Å²) in [5.74, 6) is 0.441. The van der Waals surface area contributed by atoms with Crippen LogP contribution in [0.2, 0.25) is 5.02 Å². The van der Waals surface area contributed by atoms with Crippen molar-refractivity contribution in [1.29, 1.82) is 0 Å². The minimum atomic E-state index is -0.540. The average molecular weight is 483 g/mol. The molecule has 0 saturated carbocycles. The topological polar surface area (TPSA) is 125 Å². The number of anilines is 2. The van der Waals surface area contributed by atoms with Crippen LogP contribution in [-0.4, -0.2) is 70.4 Å². The fraction of sp³-hybridized carbons (Fsp3) is 0.526. The molecule has 1 amide bonds. The number of aromatic nitrogens is 3. The number of amides is 1. The molecule has 0 spiro atoms. The van der Waals surface area contributed by atoms with Gasteiger partial charge in [-0.25, -0.2) is 0 Å². The lowest BCUT2D eigenvalue weighted by molar-refractivity contribution is -0.384. The maximum atomic E-state index is 12.5. The molecule has 172 valence electrons. The summed E-state index contributed by atoms with van der Waals surface area (Å²) in [7, 11) is 0. The number of rotatable bonds is 8. The molecule has 2 aromatic rings. The molecule has 13 heteroatoms. The van der Waals surface area contributed by atoms with Crippen LogP contribution in [-0.2, 0) is 20.8 Å². The molecule has 1 aromatic carbocycles. The van der Waals surface area contributed by atoms with E-state index < -0.39 is 4.92 Å². The van der Waals surface area contributed by atoms with Crippen molar-refractivity contribution in [3.05, 3.63) is 33.3 Å². The van der Waals surface area contributed by atoms with Crippen molar-refractivity contribution in [2.75, 3.05) is 48.9 Å². The first-order chi connectivity index (χ1) is 15.5. The summed E-state index contributed by atoms with van der Waals surface area (Å²) in [5.41, 5.74) is 0.0464. The fourth-order valence-corrected chi connectivity index (χ4v) is 4.48. The van der Waals surface area contributed by atoms with Gasteiger partial charge in [-0.2, -0.15) is 0 Å². The smallest absolute Gasteiger partial charge is 0.271 e. The van der Waals surface area contributed by atoms with Crippen LogP contribution < -0.4 is 10.2 Å². The molecule has 2 aliphatic heterocycles. The van der Waals surface area contributed by atoms with Gasteiger partial charge in [-0.05, 0) is 18.9 Å². The van der Waals surface area contributed by atoms with Gasteiger partial charge < -0.3 is 19.7 Å². The Balaban J connectivity index is 1.45. The van der Waals surface area contributed by atoms with E-state index in [1.165, 1.54) is 30.0 Å². The molecule has 1 atom stereocenters. The standard InChI is InChI=1S/C19H23ClN6O5S/c20-15-4-3-13(26(28)29)10-16(15)21-17(27)12-32-19-23-22-18(24-5-8-30-9-6-24)25(19)11-14-2-1-7-31-14/h3-4,10,14H,1-2,5-9,11-12H2,(H,21,27). The van der Waals surface area contributed by atoms with Gasteiger partial charge in [0.15, 0.2) is 5.16 Å². The molecule has 2 saturated heterocycles. The number of hydrogen-bond donors (Lipinski definition) is 1. The van der Waals surface area contributed by atoms with Gasteiger partial charge in [0.25, 0.3) is 5.69 Å². The van der Waals surface area contributed by atoms with Crippen LogP contribution in [0.1, 0.15) is 12.8 Å². The van der Waals surface area contributed by atoms with Gasteiger partial charge in [-0.1, -0.05) is 23.4 Å². The minimum Gasteiger partial charge on any atom is -0.378 e. The third-order valence-electron chi connectivity index (χ3n) is 5.17. The molecule has 0 aliphatic carbocycles. The number of nitrogens with zero attached hydrogens (tertiary/aromatic N) is 5. The fourth-order valence-electron chi connectivity index (χ4n) is 3.58. The number of benzene rings is 1. The predicted octanol–water partition coefficient (Wildman–Crippen LogP) is 2.59. The van der Waals surface area contributed by atoms with Crippen LogP contribution in [0.5, 0.6) is 0 Å². The summed E-state index contributed by atoms with van der Waals surface area (Å²) in [4.78, 5) is 25.1. The van der Waals surface area contributed by atoms with Gasteiger partial charge >= 0.3 is 0 Å². The van der Waals surface area contributed by atoms with Gasteiger partial charge in [-0.15, -0.1) is 10.2 Å². The lowest BCUT2D eigenvalue weighted by atomic mass is 10.2. The number of nitrogens with one attached hydrogen (secondary N) is 1. The molecule has 1 unspecified atom stereocenters. The number of carbonyl (C=O) groups is 1. The van der Waals surface area contributed by atoms with E-state index in [2.05, 4.69) is 20.4 Å². The molecule has 2 aliphatic rings. The Morgan fingerprint density at radius 3 is 2.84 bits per heavy atom.